The van der Waals surface area contributed by atoms with Gasteiger partial charge < -0.3 is 19.1 Å². The molecule has 11 heteroatoms. The first-order valence-corrected chi connectivity index (χ1v) is 11.0. The highest BCUT2D eigenvalue weighted by Crippen LogP contribution is 2.38. The SMILES string of the molecule is CC(C)(C)OC(=O)c1cc(N(Cc2cccnc2)c2ccc(OC(F)F)c(OC(F)F)c2)ccc1Cl. The van der Waals surface area contributed by atoms with Gasteiger partial charge in [0.2, 0.25) is 0 Å². The first kappa shape index (κ1) is 27.1. The summed E-state index contributed by atoms with van der Waals surface area (Å²) in [5.41, 5.74) is 0.772. The number of pyridine rings is 1. The number of nitrogens with zero attached hydrogens (tertiary/aromatic N) is 2. The van der Waals surface area contributed by atoms with Gasteiger partial charge in [0.05, 0.1) is 10.6 Å². The Kier molecular flexibility index (Phi) is 8.62. The topological polar surface area (TPSA) is 60.9 Å². The van der Waals surface area contributed by atoms with E-state index in [0.29, 0.717) is 5.69 Å². The number of anilines is 2. The second kappa shape index (κ2) is 11.5. The van der Waals surface area contributed by atoms with Crippen molar-refractivity contribution in [3.63, 3.8) is 0 Å². The van der Waals surface area contributed by atoms with Crippen molar-refractivity contribution in [1.82, 2.24) is 4.98 Å². The van der Waals surface area contributed by atoms with Gasteiger partial charge in [0.1, 0.15) is 5.60 Å². The molecule has 1 aromatic heterocycles. The molecule has 36 heavy (non-hydrogen) atoms. The molecule has 0 bridgehead atoms. The van der Waals surface area contributed by atoms with Gasteiger partial charge in [-0.15, -0.1) is 0 Å². The minimum atomic E-state index is -3.28. The molecule has 0 atom stereocenters. The van der Waals surface area contributed by atoms with Crippen molar-refractivity contribution in [3.05, 3.63) is 77.1 Å². The number of carbonyl (C=O) groups is 1. The molecular weight excluding hydrogens is 504 g/mol. The van der Waals surface area contributed by atoms with Crippen LogP contribution in [0.1, 0.15) is 36.7 Å². The third-order valence-corrected chi connectivity index (χ3v) is 4.94. The monoisotopic (exact) mass is 526 g/mol. The molecule has 3 rings (SSSR count). The number of aromatic nitrogens is 1. The number of hydrogen-bond acceptors (Lipinski definition) is 6. The zero-order valence-corrected chi connectivity index (χ0v) is 20.3. The Morgan fingerprint density at radius 3 is 2.22 bits per heavy atom. The summed E-state index contributed by atoms with van der Waals surface area (Å²) < 4.78 is 65.8. The normalized spacial score (nSPS) is 11.5. The minimum absolute atomic E-state index is 0.0852. The van der Waals surface area contributed by atoms with E-state index < -0.39 is 36.3 Å². The summed E-state index contributed by atoms with van der Waals surface area (Å²) in [6.07, 6.45) is 3.18. The predicted octanol–water partition coefficient (Wildman–Crippen LogP) is 7.23. The zero-order chi connectivity index (χ0) is 26.5. The molecule has 0 saturated carbocycles. The summed E-state index contributed by atoms with van der Waals surface area (Å²) in [7, 11) is 0. The number of hydrogen-bond donors (Lipinski definition) is 0. The maximum atomic E-state index is 13.0. The van der Waals surface area contributed by atoms with Crippen molar-refractivity contribution in [1.29, 1.82) is 0 Å². The lowest BCUT2D eigenvalue weighted by molar-refractivity contribution is -0.0692. The van der Waals surface area contributed by atoms with Crippen molar-refractivity contribution in [2.24, 2.45) is 0 Å². The van der Waals surface area contributed by atoms with Crippen LogP contribution in [-0.4, -0.2) is 29.8 Å². The fourth-order valence-corrected chi connectivity index (χ4v) is 3.42. The fourth-order valence-electron chi connectivity index (χ4n) is 3.22. The summed E-state index contributed by atoms with van der Waals surface area (Å²) in [6.45, 7) is -1.20. The Labute approximate surface area is 210 Å². The first-order chi connectivity index (χ1) is 16.9. The van der Waals surface area contributed by atoms with Gasteiger partial charge in [-0.3, -0.25) is 4.98 Å². The van der Waals surface area contributed by atoms with E-state index in [-0.39, 0.29) is 22.8 Å². The Bertz CT molecular complexity index is 1190. The van der Waals surface area contributed by atoms with Gasteiger partial charge in [0.25, 0.3) is 0 Å². The molecule has 192 valence electrons. The number of ether oxygens (including phenoxy) is 3. The smallest absolute Gasteiger partial charge is 0.387 e. The Morgan fingerprint density at radius 1 is 0.972 bits per heavy atom. The van der Waals surface area contributed by atoms with Gasteiger partial charge in [-0.2, -0.15) is 17.6 Å². The predicted molar refractivity (Wildman–Crippen MR) is 126 cm³/mol. The van der Waals surface area contributed by atoms with E-state index in [0.717, 1.165) is 17.7 Å². The molecule has 2 aromatic carbocycles. The molecule has 0 amide bonds. The lowest BCUT2D eigenvalue weighted by atomic mass is 10.1. The van der Waals surface area contributed by atoms with E-state index >= 15 is 0 Å². The number of alkyl halides is 4. The van der Waals surface area contributed by atoms with Crippen LogP contribution in [0, 0.1) is 0 Å². The van der Waals surface area contributed by atoms with Crippen LogP contribution in [0.4, 0.5) is 28.9 Å². The molecule has 0 saturated heterocycles. The average Bonchev–Trinajstić information content (AvgIpc) is 2.78. The average molecular weight is 527 g/mol. The van der Waals surface area contributed by atoms with Crippen molar-refractivity contribution in [3.8, 4) is 11.5 Å². The molecule has 0 aliphatic heterocycles. The third-order valence-electron chi connectivity index (χ3n) is 4.61. The first-order valence-electron chi connectivity index (χ1n) is 10.7. The molecule has 0 aliphatic rings. The van der Waals surface area contributed by atoms with Crippen molar-refractivity contribution >= 4 is 28.9 Å². The molecule has 6 nitrogen and oxygen atoms in total. The van der Waals surface area contributed by atoms with E-state index in [1.807, 2.05) is 0 Å². The number of esters is 1. The highest BCUT2D eigenvalue weighted by atomic mass is 35.5. The molecular formula is C25H23ClF4N2O4. The largest absolute Gasteiger partial charge is 0.456 e. The fraction of sp³-hybridized carbons (Fsp3) is 0.280. The van der Waals surface area contributed by atoms with Crippen LogP contribution in [-0.2, 0) is 11.3 Å². The van der Waals surface area contributed by atoms with Crippen LogP contribution in [0.5, 0.6) is 11.5 Å². The molecule has 0 spiro atoms. The lowest BCUT2D eigenvalue weighted by Crippen LogP contribution is -2.24. The number of benzene rings is 2. The number of carbonyl (C=O) groups excluding carboxylic acids is 1. The van der Waals surface area contributed by atoms with E-state index in [4.69, 9.17) is 16.3 Å². The van der Waals surface area contributed by atoms with Gasteiger partial charge in [-0.25, -0.2) is 4.79 Å². The van der Waals surface area contributed by atoms with Gasteiger partial charge in [0, 0.05) is 36.4 Å². The van der Waals surface area contributed by atoms with Gasteiger partial charge in [0.15, 0.2) is 11.5 Å². The van der Waals surface area contributed by atoms with E-state index in [9.17, 15) is 22.4 Å². The van der Waals surface area contributed by atoms with Crippen molar-refractivity contribution in [2.45, 2.75) is 46.1 Å². The quantitative estimate of drug-likeness (QED) is 0.216. The summed E-state index contributed by atoms with van der Waals surface area (Å²) in [5.74, 6) is -1.79. The third kappa shape index (κ3) is 7.48. The maximum Gasteiger partial charge on any atom is 0.387 e. The van der Waals surface area contributed by atoms with Crippen LogP contribution >= 0.6 is 11.6 Å². The highest BCUT2D eigenvalue weighted by Gasteiger charge is 2.23. The van der Waals surface area contributed by atoms with Crippen LogP contribution < -0.4 is 14.4 Å². The maximum absolute atomic E-state index is 13.0. The second-order valence-electron chi connectivity index (χ2n) is 8.50. The lowest BCUT2D eigenvalue weighted by Gasteiger charge is -2.27. The van der Waals surface area contributed by atoms with Gasteiger partial charge in [-0.05, 0) is 62.7 Å². The minimum Gasteiger partial charge on any atom is -0.456 e. The van der Waals surface area contributed by atoms with E-state index in [2.05, 4.69) is 14.5 Å². The number of rotatable bonds is 9. The van der Waals surface area contributed by atoms with Gasteiger partial charge >= 0.3 is 19.2 Å². The Balaban J connectivity index is 2.10. The second-order valence-corrected chi connectivity index (χ2v) is 8.91. The standard InChI is InChI=1S/C25H23ClF4N2O4/c1-25(2,3)36-22(33)18-11-16(6-8-19(18)26)32(14-15-5-4-10-31-13-15)17-7-9-20(34-23(27)28)21(12-17)35-24(29)30/h4-13,23-24H,14H2,1-3H3. The van der Waals surface area contributed by atoms with Crippen LogP contribution in [0.25, 0.3) is 0 Å². The summed E-state index contributed by atoms with van der Waals surface area (Å²) in [6, 6.07) is 11.7. The zero-order valence-electron chi connectivity index (χ0n) is 19.6. The van der Waals surface area contributed by atoms with Crippen molar-refractivity contribution in [2.75, 3.05) is 4.90 Å². The molecule has 0 N–H and O–H groups in total. The summed E-state index contributed by atoms with van der Waals surface area (Å²) >= 11 is 6.26. The van der Waals surface area contributed by atoms with Crippen LogP contribution in [0.15, 0.2) is 60.9 Å². The van der Waals surface area contributed by atoms with E-state index in [1.165, 1.54) is 18.2 Å². The Hall–Kier alpha value is -3.53. The van der Waals surface area contributed by atoms with Crippen molar-refractivity contribution < 1.29 is 36.6 Å². The molecule has 0 fully saturated rings. The molecule has 0 radical (unpaired) electrons. The van der Waals surface area contributed by atoms with E-state index in [1.54, 1.807) is 56.3 Å². The number of halogens is 5. The Morgan fingerprint density at radius 2 is 1.61 bits per heavy atom. The van der Waals surface area contributed by atoms with Gasteiger partial charge in [-0.1, -0.05) is 17.7 Å². The molecule has 1 heterocycles. The van der Waals surface area contributed by atoms with Crippen LogP contribution in [0.2, 0.25) is 5.02 Å². The molecule has 0 unspecified atom stereocenters. The summed E-state index contributed by atoms with van der Waals surface area (Å²) in [5, 5.41) is 0.150. The highest BCUT2D eigenvalue weighted by molar-refractivity contribution is 6.33. The molecule has 3 aromatic rings. The van der Waals surface area contributed by atoms with Crippen LogP contribution in [0.3, 0.4) is 0 Å². The molecule has 0 aliphatic carbocycles. The summed E-state index contributed by atoms with van der Waals surface area (Å²) in [4.78, 5) is 18.5.